The number of hydrogen-bond donors (Lipinski definition) is 2. The number of para-hydroxylation sites is 1. The molecule has 0 saturated carbocycles. The van der Waals surface area contributed by atoms with Crippen molar-refractivity contribution in [3.63, 3.8) is 0 Å². The van der Waals surface area contributed by atoms with Crippen molar-refractivity contribution >= 4 is 28.6 Å². The SMILES string of the molecule is CCOc1ccccc1CCN(CCC(=O)O)C(=O)c1ccccc1-c1ccccc1C(=O)NCc1cccc2ccccc12. The van der Waals surface area contributed by atoms with Gasteiger partial charge in [0.05, 0.1) is 13.0 Å². The quantitative estimate of drug-likeness (QED) is 0.152. The number of amides is 2. The fourth-order valence-electron chi connectivity index (χ4n) is 5.52. The van der Waals surface area contributed by atoms with Crippen molar-refractivity contribution in [1.82, 2.24) is 10.2 Å². The highest BCUT2D eigenvalue weighted by molar-refractivity contribution is 6.06. The van der Waals surface area contributed by atoms with Crippen LogP contribution in [0.2, 0.25) is 0 Å². The molecule has 0 atom stereocenters. The minimum atomic E-state index is -0.982. The topological polar surface area (TPSA) is 95.9 Å². The zero-order valence-electron chi connectivity index (χ0n) is 25.2. The second-order valence-corrected chi connectivity index (χ2v) is 10.6. The van der Waals surface area contributed by atoms with Gasteiger partial charge in [0.25, 0.3) is 11.8 Å². The van der Waals surface area contributed by atoms with Crippen LogP contribution in [0.15, 0.2) is 115 Å². The molecule has 0 aliphatic carbocycles. The Balaban J connectivity index is 1.41. The molecule has 0 spiro atoms. The molecule has 2 amide bonds. The van der Waals surface area contributed by atoms with E-state index in [9.17, 15) is 19.5 Å². The summed E-state index contributed by atoms with van der Waals surface area (Å²) in [5, 5.41) is 14.7. The third kappa shape index (κ3) is 7.57. The largest absolute Gasteiger partial charge is 0.494 e. The number of hydrogen-bond acceptors (Lipinski definition) is 4. The number of carboxylic acid groups (broad SMARTS) is 1. The highest BCUT2D eigenvalue weighted by Crippen LogP contribution is 2.29. The molecule has 0 unspecified atom stereocenters. The van der Waals surface area contributed by atoms with Crippen molar-refractivity contribution in [2.45, 2.75) is 26.3 Å². The number of nitrogens with zero attached hydrogens (tertiary/aromatic N) is 1. The first kappa shape index (κ1) is 31.0. The number of ether oxygens (including phenoxy) is 1. The average Bonchev–Trinajstić information content (AvgIpc) is 3.07. The Morgan fingerprint density at radius 3 is 2.11 bits per heavy atom. The summed E-state index contributed by atoms with van der Waals surface area (Å²) in [7, 11) is 0. The zero-order chi connectivity index (χ0) is 31.6. The average molecular weight is 601 g/mol. The van der Waals surface area contributed by atoms with E-state index in [1.807, 2.05) is 97.9 Å². The van der Waals surface area contributed by atoms with Gasteiger partial charge in [-0.25, -0.2) is 0 Å². The van der Waals surface area contributed by atoms with Gasteiger partial charge in [-0.05, 0) is 64.6 Å². The molecule has 0 bridgehead atoms. The van der Waals surface area contributed by atoms with E-state index in [4.69, 9.17) is 4.74 Å². The lowest BCUT2D eigenvalue weighted by Crippen LogP contribution is -2.35. The molecular weight excluding hydrogens is 564 g/mol. The molecule has 0 saturated heterocycles. The van der Waals surface area contributed by atoms with Crippen LogP contribution in [0.5, 0.6) is 5.75 Å². The van der Waals surface area contributed by atoms with Crippen molar-refractivity contribution in [3.8, 4) is 16.9 Å². The van der Waals surface area contributed by atoms with E-state index >= 15 is 0 Å². The second-order valence-electron chi connectivity index (χ2n) is 10.6. The molecule has 0 heterocycles. The van der Waals surface area contributed by atoms with Gasteiger partial charge in [0.1, 0.15) is 5.75 Å². The van der Waals surface area contributed by atoms with Crippen LogP contribution in [0, 0.1) is 0 Å². The van der Waals surface area contributed by atoms with Crippen molar-refractivity contribution in [3.05, 3.63) is 138 Å². The summed E-state index contributed by atoms with van der Waals surface area (Å²) in [5.74, 6) is -0.791. The standard InChI is InChI=1S/C38H36N2O5/c1-2-45-35-21-10-4-13-28(35)22-24-40(25-23-36(41)42)38(44)34-20-9-7-18-32(34)31-17-6-8-19-33(31)37(43)39-26-29-15-11-14-27-12-3-5-16-30(27)29/h3-21H,2,22-26H2,1H3,(H,39,43)(H,41,42). The maximum absolute atomic E-state index is 14.1. The highest BCUT2D eigenvalue weighted by atomic mass is 16.5. The summed E-state index contributed by atoms with van der Waals surface area (Å²) in [6, 6.07) is 36.1. The smallest absolute Gasteiger partial charge is 0.305 e. The van der Waals surface area contributed by atoms with Crippen LogP contribution >= 0.6 is 0 Å². The van der Waals surface area contributed by atoms with E-state index in [2.05, 4.69) is 5.32 Å². The molecule has 5 aromatic rings. The molecule has 5 aromatic carbocycles. The fourth-order valence-corrected chi connectivity index (χ4v) is 5.52. The van der Waals surface area contributed by atoms with Crippen LogP contribution < -0.4 is 10.1 Å². The fraction of sp³-hybridized carbons (Fsp3) is 0.184. The van der Waals surface area contributed by atoms with Crippen molar-refractivity contribution in [2.24, 2.45) is 0 Å². The summed E-state index contributed by atoms with van der Waals surface area (Å²) in [6.45, 7) is 3.13. The number of carbonyl (C=O) groups excluding carboxylic acids is 2. The minimum Gasteiger partial charge on any atom is -0.494 e. The minimum absolute atomic E-state index is 0.0481. The molecular formula is C38H36N2O5. The molecule has 0 aromatic heterocycles. The maximum atomic E-state index is 14.1. The van der Waals surface area contributed by atoms with E-state index in [0.29, 0.717) is 48.4 Å². The summed E-state index contributed by atoms with van der Waals surface area (Å²) in [6.07, 6.45) is 0.311. The summed E-state index contributed by atoms with van der Waals surface area (Å²) < 4.78 is 5.76. The van der Waals surface area contributed by atoms with Gasteiger partial charge in [-0.2, -0.15) is 0 Å². The Kier molecular flexibility index (Phi) is 10.2. The number of aliphatic carboxylic acids is 1. The predicted octanol–water partition coefficient (Wildman–Crippen LogP) is 7.00. The van der Waals surface area contributed by atoms with E-state index in [1.165, 1.54) is 0 Å². The Labute approximate surface area is 263 Å². The van der Waals surface area contributed by atoms with Gasteiger partial charge in [-0.15, -0.1) is 0 Å². The molecule has 228 valence electrons. The summed E-state index contributed by atoms with van der Waals surface area (Å²) in [4.78, 5) is 40.8. The first-order chi connectivity index (χ1) is 22.0. The lowest BCUT2D eigenvalue weighted by Gasteiger charge is -2.24. The van der Waals surface area contributed by atoms with Crippen LogP contribution in [0.1, 0.15) is 45.2 Å². The first-order valence-corrected chi connectivity index (χ1v) is 15.1. The third-order valence-corrected chi connectivity index (χ3v) is 7.74. The van der Waals surface area contributed by atoms with Crippen LogP contribution in [0.4, 0.5) is 0 Å². The third-order valence-electron chi connectivity index (χ3n) is 7.74. The molecule has 0 radical (unpaired) electrons. The zero-order valence-corrected chi connectivity index (χ0v) is 25.2. The highest BCUT2D eigenvalue weighted by Gasteiger charge is 2.23. The lowest BCUT2D eigenvalue weighted by molar-refractivity contribution is -0.137. The Bertz CT molecular complexity index is 1810. The van der Waals surface area contributed by atoms with E-state index in [1.54, 1.807) is 29.2 Å². The van der Waals surface area contributed by atoms with Crippen molar-refractivity contribution in [2.75, 3.05) is 19.7 Å². The van der Waals surface area contributed by atoms with E-state index in [-0.39, 0.29) is 24.8 Å². The van der Waals surface area contributed by atoms with Crippen LogP contribution in [-0.4, -0.2) is 47.5 Å². The normalized spacial score (nSPS) is 10.8. The van der Waals surface area contributed by atoms with Crippen LogP contribution in [-0.2, 0) is 17.8 Å². The Hall–Kier alpha value is -5.43. The maximum Gasteiger partial charge on any atom is 0.305 e. The monoisotopic (exact) mass is 600 g/mol. The van der Waals surface area contributed by atoms with Crippen LogP contribution in [0.25, 0.3) is 21.9 Å². The lowest BCUT2D eigenvalue weighted by atomic mass is 9.94. The number of rotatable bonds is 13. The molecule has 7 nitrogen and oxygen atoms in total. The number of carboxylic acids is 1. The molecule has 0 aliphatic heterocycles. The van der Waals surface area contributed by atoms with Crippen molar-refractivity contribution < 1.29 is 24.2 Å². The van der Waals surface area contributed by atoms with Gasteiger partial charge in [0.2, 0.25) is 0 Å². The van der Waals surface area contributed by atoms with Crippen LogP contribution in [0.3, 0.4) is 0 Å². The Morgan fingerprint density at radius 2 is 1.33 bits per heavy atom. The molecule has 0 aliphatic rings. The second kappa shape index (κ2) is 14.8. The first-order valence-electron chi connectivity index (χ1n) is 15.1. The molecule has 7 heteroatoms. The molecule has 2 N–H and O–H groups in total. The van der Waals surface area contributed by atoms with Gasteiger partial charge < -0.3 is 20.1 Å². The number of nitrogens with one attached hydrogen (secondary N) is 1. The molecule has 45 heavy (non-hydrogen) atoms. The van der Waals surface area contributed by atoms with Gasteiger partial charge in [0.15, 0.2) is 0 Å². The summed E-state index contributed by atoms with van der Waals surface area (Å²) >= 11 is 0. The molecule has 5 rings (SSSR count). The van der Waals surface area contributed by atoms with Gasteiger partial charge in [0, 0.05) is 30.8 Å². The predicted molar refractivity (Wildman–Crippen MR) is 176 cm³/mol. The van der Waals surface area contributed by atoms with Gasteiger partial charge >= 0.3 is 5.97 Å². The summed E-state index contributed by atoms with van der Waals surface area (Å²) in [5.41, 5.74) is 4.02. The Morgan fingerprint density at radius 1 is 0.711 bits per heavy atom. The number of carbonyl (C=O) groups is 3. The van der Waals surface area contributed by atoms with Crippen molar-refractivity contribution in [1.29, 1.82) is 0 Å². The molecule has 0 fully saturated rings. The van der Waals surface area contributed by atoms with Gasteiger partial charge in [-0.3, -0.25) is 14.4 Å². The van der Waals surface area contributed by atoms with Gasteiger partial charge in [-0.1, -0.05) is 97.1 Å². The van der Waals surface area contributed by atoms with E-state index < -0.39 is 5.97 Å². The number of benzene rings is 5. The van der Waals surface area contributed by atoms with E-state index in [0.717, 1.165) is 27.6 Å². The number of fused-ring (bicyclic) bond motifs is 1.